The molecule has 0 aliphatic carbocycles. The highest BCUT2D eigenvalue weighted by Crippen LogP contribution is 2.25. The lowest BCUT2D eigenvalue weighted by Gasteiger charge is -2.39. The first-order valence-corrected chi connectivity index (χ1v) is 11.6. The molecule has 1 N–H and O–H groups in total. The fraction of sp³-hybridized carbons (Fsp3) is 0.522. The highest BCUT2D eigenvalue weighted by Gasteiger charge is 2.35. The maximum absolute atomic E-state index is 12.5. The van der Waals surface area contributed by atoms with E-state index in [9.17, 15) is 14.4 Å². The van der Waals surface area contributed by atoms with Gasteiger partial charge in [-0.3, -0.25) is 24.2 Å². The predicted molar refractivity (Wildman–Crippen MR) is 124 cm³/mol. The van der Waals surface area contributed by atoms with E-state index in [1.54, 1.807) is 29.2 Å². The predicted octanol–water partition coefficient (Wildman–Crippen LogP) is 1.09. The Morgan fingerprint density at radius 3 is 2.51 bits per heavy atom. The molecule has 1 amide bonds. The average molecular weight is 488 g/mol. The molecule has 4 rings (SSSR count). The van der Waals surface area contributed by atoms with E-state index >= 15 is 0 Å². The molecule has 2 fully saturated rings. The van der Waals surface area contributed by atoms with Crippen LogP contribution >= 0.6 is 0 Å². The van der Waals surface area contributed by atoms with Crippen LogP contribution < -0.4 is 10.7 Å². The van der Waals surface area contributed by atoms with Crippen molar-refractivity contribution < 1.29 is 28.3 Å². The molecule has 0 spiro atoms. The van der Waals surface area contributed by atoms with Crippen LogP contribution in [-0.4, -0.2) is 96.8 Å². The zero-order valence-electron chi connectivity index (χ0n) is 19.8. The van der Waals surface area contributed by atoms with Crippen LogP contribution in [0, 0.1) is 0 Å². The number of ether oxygens (including phenoxy) is 3. The van der Waals surface area contributed by atoms with E-state index in [1.165, 1.54) is 0 Å². The number of aromatic amines is 1. The molecule has 2 saturated heterocycles. The summed E-state index contributed by atoms with van der Waals surface area (Å²) in [5.74, 6) is 1.74. The molecule has 12 nitrogen and oxygen atoms in total. The Morgan fingerprint density at radius 1 is 1.17 bits per heavy atom. The van der Waals surface area contributed by atoms with Crippen LogP contribution in [0.1, 0.15) is 13.8 Å². The van der Waals surface area contributed by atoms with Crippen molar-refractivity contribution in [2.24, 2.45) is 0 Å². The number of hydrogen-bond acceptors (Lipinski definition) is 10. The molecule has 35 heavy (non-hydrogen) atoms. The van der Waals surface area contributed by atoms with Gasteiger partial charge < -0.3 is 14.2 Å². The molecular weight excluding hydrogens is 458 g/mol. The highest BCUT2D eigenvalue weighted by atomic mass is 16.6. The van der Waals surface area contributed by atoms with Gasteiger partial charge in [-0.1, -0.05) is 5.16 Å². The summed E-state index contributed by atoms with van der Waals surface area (Å²) in [4.78, 5) is 43.4. The molecule has 0 saturated carbocycles. The summed E-state index contributed by atoms with van der Waals surface area (Å²) in [6.45, 7) is 8.39. The summed E-state index contributed by atoms with van der Waals surface area (Å²) < 4.78 is 21.3. The first-order valence-electron chi connectivity index (χ1n) is 11.6. The fourth-order valence-electron chi connectivity index (χ4n) is 4.26. The van der Waals surface area contributed by atoms with Crippen molar-refractivity contribution in [3.63, 3.8) is 0 Å². The van der Waals surface area contributed by atoms with Crippen molar-refractivity contribution >= 4 is 17.7 Å². The van der Waals surface area contributed by atoms with E-state index in [2.05, 4.69) is 24.5 Å². The van der Waals surface area contributed by atoms with E-state index in [0.717, 1.165) is 13.1 Å². The number of carbonyl (C=O) groups is 1. The van der Waals surface area contributed by atoms with Crippen molar-refractivity contribution in [2.45, 2.75) is 26.2 Å². The number of aromatic nitrogens is 2. The average Bonchev–Trinajstić information content (AvgIpc) is 3.47. The molecule has 3 heterocycles. The maximum Gasteiger partial charge on any atom is 0.439 e. The molecular formula is C23H29N5O7. The summed E-state index contributed by atoms with van der Waals surface area (Å²) in [7, 11) is 0. The topological polar surface area (TPSA) is 130 Å². The smallest absolute Gasteiger partial charge is 0.439 e. The lowest BCUT2D eigenvalue weighted by atomic mass is 10.2. The van der Waals surface area contributed by atoms with Gasteiger partial charge >= 0.3 is 11.8 Å². The van der Waals surface area contributed by atoms with E-state index < -0.39 is 18.1 Å². The van der Waals surface area contributed by atoms with Gasteiger partial charge in [-0.05, 0) is 38.1 Å². The van der Waals surface area contributed by atoms with Crippen LogP contribution in [0.4, 0.5) is 10.5 Å². The van der Waals surface area contributed by atoms with Crippen molar-refractivity contribution in [3.05, 3.63) is 40.6 Å². The number of piperazine rings is 1. The summed E-state index contributed by atoms with van der Waals surface area (Å²) in [5.41, 5.74) is 1.37. The SMILES string of the molecule is CCOC(=C=O)C(OCC)N1CCN(CC2CN(c3ccc(-c4noc(=O)[nH]4)cc3)C(=O)O2)CC1. The van der Waals surface area contributed by atoms with Gasteiger partial charge in [-0.25, -0.2) is 14.4 Å². The van der Waals surface area contributed by atoms with Crippen molar-refractivity contribution in [3.8, 4) is 11.4 Å². The second-order valence-corrected chi connectivity index (χ2v) is 8.15. The minimum atomic E-state index is -0.626. The Labute approximate surface area is 202 Å². The van der Waals surface area contributed by atoms with Gasteiger partial charge in [-0.2, -0.15) is 0 Å². The van der Waals surface area contributed by atoms with Crippen LogP contribution in [0.25, 0.3) is 11.4 Å². The van der Waals surface area contributed by atoms with Gasteiger partial charge in [0.05, 0.1) is 13.2 Å². The number of carbonyl (C=O) groups excluding carboxylic acids is 2. The molecule has 188 valence electrons. The molecule has 2 aromatic rings. The Bertz CT molecular complexity index is 1100. The van der Waals surface area contributed by atoms with Crippen LogP contribution in [-0.2, 0) is 19.0 Å². The normalized spacial score (nSPS) is 19.9. The van der Waals surface area contributed by atoms with E-state index in [4.69, 9.17) is 14.2 Å². The molecule has 2 unspecified atom stereocenters. The Hall–Kier alpha value is -3.44. The number of benzene rings is 1. The Morgan fingerprint density at radius 2 is 1.91 bits per heavy atom. The number of rotatable bonds is 10. The molecule has 0 radical (unpaired) electrons. The summed E-state index contributed by atoms with van der Waals surface area (Å²) in [6, 6.07) is 7.05. The second kappa shape index (κ2) is 11.3. The third-order valence-corrected chi connectivity index (χ3v) is 5.92. The van der Waals surface area contributed by atoms with Crippen LogP contribution in [0.3, 0.4) is 0 Å². The first-order chi connectivity index (χ1) is 17.0. The quantitative estimate of drug-likeness (QED) is 0.384. The standard InChI is InChI=1S/C23H29N5O7/c1-3-32-19(15-29)21(33-4-2)27-11-9-26(10-12-27)13-18-14-28(23(31)34-18)17-7-5-16(6-8-17)20-24-22(30)35-25-20/h5-8,18,21H,3-4,9-14H2,1-2H3,(H,24,25,30). The minimum absolute atomic E-state index is 0.170. The summed E-state index contributed by atoms with van der Waals surface area (Å²) in [5, 5.41) is 3.66. The van der Waals surface area contributed by atoms with Gasteiger partial charge in [0.15, 0.2) is 18.0 Å². The van der Waals surface area contributed by atoms with Crippen LogP contribution in [0.15, 0.2) is 39.3 Å². The highest BCUT2D eigenvalue weighted by molar-refractivity contribution is 5.90. The maximum atomic E-state index is 12.5. The number of H-pyrrole nitrogens is 1. The molecule has 0 bridgehead atoms. The summed E-state index contributed by atoms with van der Waals surface area (Å²) in [6.07, 6.45) is -1.21. The van der Waals surface area contributed by atoms with Gasteiger partial charge in [0, 0.05) is 50.6 Å². The molecule has 1 aromatic carbocycles. The van der Waals surface area contributed by atoms with Crippen molar-refractivity contribution in [1.29, 1.82) is 0 Å². The molecule has 2 aliphatic rings. The third kappa shape index (κ3) is 5.80. The zero-order valence-corrected chi connectivity index (χ0v) is 19.8. The van der Waals surface area contributed by atoms with Crippen LogP contribution in [0.5, 0.6) is 0 Å². The largest absolute Gasteiger partial charge is 0.484 e. The lowest BCUT2D eigenvalue weighted by molar-refractivity contribution is -0.0772. The molecule has 2 aliphatic heterocycles. The van der Waals surface area contributed by atoms with Gasteiger partial charge in [0.25, 0.3) is 0 Å². The number of hydrogen-bond donors (Lipinski definition) is 1. The zero-order chi connectivity index (χ0) is 24.8. The van der Waals surface area contributed by atoms with Crippen LogP contribution in [0.2, 0.25) is 0 Å². The van der Waals surface area contributed by atoms with Gasteiger partial charge in [0.1, 0.15) is 6.10 Å². The lowest BCUT2D eigenvalue weighted by Crippen LogP contribution is -2.53. The number of amides is 1. The van der Waals surface area contributed by atoms with Crippen molar-refractivity contribution in [1.82, 2.24) is 19.9 Å². The number of nitrogens with zero attached hydrogens (tertiary/aromatic N) is 4. The minimum Gasteiger partial charge on any atom is -0.484 e. The van der Waals surface area contributed by atoms with E-state index in [1.807, 2.05) is 19.8 Å². The van der Waals surface area contributed by atoms with E-state index in [0.29, 0.717) is 56.5 Å². The van der Waals surface area contributed by atoms with Gasteiger partial charge in [0.2, 0.25) is 5.76 Å². The molecule has 2 atom stereocenters. The number of anilines is 1. The monoisotopic (exact) mass is 487 g/mol. The number of cyclic esters (lactones) is 1. The summed E-state index contributed by atoms with van der Waals surface area (Å²) >= 11 is 0. The Balaban J connectivity index is 1.31. The van der Waals surface area contributed by atoms with Crippen molar-refractivity contribution in [2.75, 3.05) is 57.4 Å². The third-order valence-electron chi connectivity index (χ3n) is 5.92. The van der Waals surface area contributed by atoms with Gasteiger partial charge in [-0.15, -0.1) is 0 Å². The molecule has 12 heteroatoms. The van der Waals surface area contributed by atoms with E-state index in [-0.39, 0.29) is 11.9 Å². The Kier molecular flexibility index (Phi) is 7.98. The first kappa shape index (κ1) is 24.7. The number of nitrogens with one attached hydrogen (secondary N) is 1. The molecule has 1 aromatic heterocycles. The fourth-order valence-corrected chi connectivity index (χ4v) is 4.26. The second-order valence-electron chi connectivity index (χ2n) is 8.15.